The standard InChI is InChI=1S/C14H15F2NO5/c1-21-10-6-11(13(19)20)17(7-10)12(18)8-2-4-9(5-3-8)22-14(15)16/h2-5,10-11,14H,6-7H2,1H3,(H,19,20). The summed E-state index contributed by atoms with van der Waals surface area (Å²) in [5.41, 5.74) is 0.199. The number of ether oxygens (including phenoxy) is 2. The van der Waals surface area contributed by atoms with Crippen molar-refractivity contribution in [1.29, 1.82) is 0 Å². The largest absolute Gasteiger partial charge is 0.480 e. The van der Waals surface area contributed by atoms with E-state index in [4.69, 9.17) is 4.74 Å². The van der Waals surface area contributed by atoms with Crippen molar-refractivity contribution in [2.75, 3.05) is 13.7 Å². The molecule has 120 valence electrons. The third-order valence-electron chi connectivity index (χ3n) is 3.47. The predicted molar refractivity (Wildman–Crippen MR) is 70.9 cm³/mol. The van der Waals surface area contributed by atoms with Crippen molar-refractivity contribution in [2.24, 2.45) is 0 Å². The summed E-state index contributed by atoms with van der Waals surface area (Å²) in [4.78, 5) is 24.8. The van der Waals surface area contributed by atoms with Gasteiger partial charge in [0.1, 0.15) is 11.8 Å². The molecule has 0 spiro atoms. The third-order valence-corrected chi connectivity index (χ3v) is 3.47. The maximum Gasteiger partial charge on any atom is 0.387 e. The smallest absolute Gasteiger partial charge is 0.387 e. The van der Waals surface area contributed by atoms with Gasteiger partial charge in [0.25, 0.3) is 5.91 Å². The van der Waals surface area contributed by atoms with Crippen LogP contribution in [0, 0.1) is 0 Å². The minimum Gasteiger partial charge on any atom is -0.480 e. The van der Waals surface area contributed by atoms with Crippen LogP contribution in [0.15, 0.2) is 24.3 Å². The van der Waals surface area contributed by atoms with Crippen molar-refractivity contribution in [3.63, 3.8) is 0 Å². The number of rotatable bonds is 5. The number of carbonyl (C=O) groups is 2. The molecule has 2 atom stereocenters. The van der Waals surface area contributed by atoms with Crippen molar-refractivity contribution < 1.29 is 33.0 Å². The Morgan fingerprint density at radius 2 is 1.95 bits per heavy atom. The van der Waals surface area contributed by atoms with Crippen molar-refractivity contribution >= 4 is 11.9 Å². The third kappa shape index (κ3) is 3.51. The van der Waals surface area contributed by atoms with Crippen molar-refractivity contribution in [3.05, 3.63) is 29.8 Å². The van der Waals surface area contributed by atoms with Crippen LogP contribution in [0.25, 0.3) is 0 Å². The van der Waals surface area contributed by atoms with Crippen LogP contribution in [0.2, 0.25) is 0 Å². The van der Waals surface area contributed by atoms with E-state index in [1.54, 1.807) is 0 Å². The monoisotopic (exact) mass is 315 g/mol. The Labute approximate surface area is 125 Å². The zero-order chi connectivity index (χ0) is 16.3. The SMILES string of the molecule is COC1CC(C(=O)O)N(C(=O)c2ccc(OC(F)F)cc2)C1. The molecule has 1 saturated heterocycles. The van der Waals surface area contributed by atoms with Gasteiger partial charge in [0.05, 0.1) is 6.10 Å². The molecule has 1 fully saturated rings. The molecule has 0 aliphatic carbocycles. The van der Waals surface area contributed by atoms with Gasteiger partial charge in [-0.2, -0.15) is 8.78 Å². The van der Waals surface area contributed by atoms with E-state index in [9.17, 15) is 23.5 Å². The highest BCUT2D eigenvalue weighted by Crippen LogP contribution is 2.24. The quantitative estimate of drug-likeness (QED) is 0.893. The van der Waals surface area contributed by atoms with Crippen LogP contribution in [0.5, 0.6) is 5.75 Å². The molecular formula is C14H15F2NO5. The minimum atomic E-state index is -2.95. The van der Waals surface area contributed by atoms with Crippen LogP contribution in [0.1, 0.15) is 16.8 Å². The maximum absolute atomic E-state index is 12.4. The molecule has 1 amide bonds. The van der Waals surface area contributed by atoms with E-state index in [-0.39, 0.29) is 30.4 Å². The Balaban J connectivity index is 2.14. The second-order valence-electron chi connectivity index (χ2n) is 4.81. The first-order valence-corrected chi connectivity index (χ1v) is 6.53. The predicted octanol–water partition coefficient (Wildman–Crippen LogP) is 1.60. The highest BCUT2D eigenvalue weighted by atomic mass is 19.3. The van der Waals surface area contributed by atoms with Crippen LogP contribution in [0.4, 0.5) is 8.78 Å². The number of amides is 1. The molecule has 6 nitrogen and oxygen atoms in total. The average Bonchev–Trinajstić information content (AvgIpc) is 2.91. The number of alkyl halides is 2. The summed E-state index contributed by atoms with van der Waals surface area (Å²) in [6.45, 7) is -2.78. The zero-order valence-electron chi connectivity index (χ0n) is 11.7. The highest BCUT2D eigenvalue weighted by molar-refractivity contribution is 5.97. The van der Waals surface area contributed by atoms with E-state index >= 15 is 0 Å². The van der Waals surface area contributed by atoms with Gasteiger partial charge in [0.2, 0.25) is 0 Å². The fourth-order valence-electron chi connectivity index (χ4n) is 2.37. The number of hydrogen-bond acceptors (Lipinski definition) is 4. The Bertz CT molecular complexity index is 549. The molecule has 2 rings (SSSR count). The van der Waals surface area contributed by atoms with Crippen molar-refractivity contribution in [1.82, 2.24) is 4.90 Å². The molecule has 1 aromatic rings. The lowest BCUT2D eigenvalue weighted by molar-refractivity contribution is -0.141. The van der Waals surface area contributed by atoms with E-state index in [0.717, 1.165) is 0 Å². The van der Waals surface area contributed by atoms with E-state index in [1.807, 2.05) is 0 Å². The lowest BCUT2D eigenvalue weighted by atomic mass is 10.1. The Kier molecular flexibility index (Phi) is 4.92. The second kappa shape index (κ2) is 6.69. The molecule has 1 heterocycles. The molecule has 1 aliphatic heterocycles. The lowest BCUT2D eigenvalue weighted by Crippen LogP contribution is -2.40. The molecule has 0 radical (unpaired) electrons. The first kappa shape index (κ1) is 16.2. The zero-order valence-corrected chi connectivity index (χ0v) is 11.7. The van der Waals surface area contributed by atoms with Gasteiger partial charge in [-0.15, -0.1) is 0 Å². The fraction of sp³-hybridized carbons (Fsp3) is 0.429. The van der Waals surface area contributed by atoms with Gasteiger partial charge in [-0.1, -0.05) is 0 Å². The molecule has 0 bridgehead atoms. The normalized spacial score (nSPS) is 21.2. The maximum atomic E-state index is 12.4. The molecule has 0 saturated carbocycles. The number of aliphatic carboxylic acids is 1. The summed E-state index contributed by atoms with van der Waals surface area (Å²) in [7, 11) is 1.45. The van der Waals surface area contributed by atoms with Gasteiger partial charge in [0.15, 0.2) is 0 Å². The lowest BCUT2D eigenvalue weighted by Gasteiger charge is -2.21. The first-order valence-electron chi connectivity index (χ1n) is 6.53. The molecule has 22 heavy (non-hydrogen) atoms. The van der Waals surface area contributed by atoms with E-state index in [2.05, 4.69) is 4.74 Å². The summed E-state index contributed by atoms with van der Waals surface area (Å²) in [6, 6.07) is 4.14. The molecular weight excluding hydrogens is 300 g/mol. The van der Waals surface area contributed by atoms with Crippen molar-refractivity contribution in [3.8, 4) is 5.75 Å². The highest BCUT2D eigenvalue weighted by Gasteiger charge is 2.40. The summed E-state index contributed by atoms with van der Waals surface area (Å²) in [5, 5.41) is 9.18. The first-order chi connectivity index (χ1) is 10.4. The minimum absolute atomic E-state index is 0.0717. The van der Waals surface area contributed by atoms with Gasteiger partial charge in [-0.3, -0.25) is 4.79 Å². The summed E-state index contributed by atoms with van der Waals surface area (Å²) >= 11 is 0. The number of likely N-dealkylation sites (tertiary alicyclic amines) is 1. The van der Waals surface area contributed by atoms with Crippen LogP contribution < -0.4 is 4.74 Å². The number of nitrogens with zero attached hydrogens (tertiary/aromatic N) is 1. The number of carboxylic acid groups (broad SMARTS) is 1. The summed E-state index contributed by atoms with van der Waals surface area (Å²) in [6.07, 6.45) is -0.129. The van der Waals surface area contributed by atoms with Gasteiger partial charge in [0, 0.05) is 25.6 Å². The van der Waals surface area contributed by atoms with Crippen molar-refractivity contribution in [2.45, 2.75) is 25.2 Å². The Morgan fingerprint density at radius 1 is 1.32 bits per heavy atom. The average molecular weight is 315 g/mol. The van der Waals surface area contributed by atoms with Gasteiger partial charge in [-0.25, -0.2) is 4.79 Å². The molecule has 0 aromatic heterocycles. The Morgan fingerprint density at radius 3 is 2.45 bits per heavy atom. The number of methoxy groups -OCH3 is 1. The molecule has 2 unspecified atom stereocenters. The molecule has 1 N–H and O–H groups in total. The van der Waals surface area contributed by atoms with Crippen LogP contribution in [-0.4, -0.2) is 54.3 Å². The molecule has 1 aromatic carbocycles. The number of benzene rings is 1. The Hall–Kier alpha value is -2.22. The van der Waals surface area contributed by atoms with Crippen LogP contribution >= 0.6 is 0 Å². The molecule has 1 aliphatic rings. The number of carbonyl (C=O) groups excluding carboxylic acids is 1. The van der Waals surface area contributed by atoms with Gasteiger partial charge >= 0.3 is 12.6 Å². The van der Waals surface area contributed by atoms with Gasteiger partial charge in [-0.05, 0) is 24.3 Å². The summed E-state index contributed by atoms with van der Waals surface area (Å²) < 4.78 is 33.4. The van der Waals surface area contributed by atoms with Crippen LogP contribution in [0.3, 0.4) is 0 Å². The number of carboxylic acids is 1. The van der Waals surface area contributed by atoms with E-state index < -0.39 is 24.5 Å². The number of halogens is 2. The topological polar surface area (TPSA) is 76.1 Å². The van der Waals surface area contributed by atoms with E-state index in [1.165, 1.54) is 36.3 Å². The number of hydrogen-bond donors (Lipinski definition) is 1. The summed E-state index contributed by atoms with van der Waals surface area (Å²) in [5.74, 6) is -1.67. The second-order valence-corrected chi connectivity index (χ2v) is 4.81. The van der Waals surface area contributed by atoms with E-state index in [0.29, 0.717) is 0 Å². The van der Waals surface area contributed by atoms with Crippen LogP contribution in [-0.2, 0) is 9.53 Å². The van der Waals surface area contributed by atoms with Gasteiger partial charge < -0.3 is 19.5 Å². The molecule has 8 heteroatoms. The fourth-order valence-corrected chi connectivity index (χ4v) is 2.37.